The van der Waals surface area contributed by atoms with E-state index < -0.39 is 5.95 Å². The summed E-state index contributed by atoms with van der Waals surface area (Å²) >= 11 is 0. The van der Waals surface area contributed by atoms with Crippen LogP contribution in [0.25, 0.3) is 0 Å². The van der Waals surface area contributed by atoms with Crippen LogP contribution in [0, 0.1) is 5.95 Å². The second kappa shape index (κ2) is 4.10. The Hall–Kier alpha value is -1.23. The molecule has 1 atom stereocenters. The number of aromatic nitrogens is 2. The van der Waals surface area contributed by atoms with Crippen molar-refractivity contribution in [2.45, 2.75) is 13.0 Å². The van der Waals surface area contributed by atoms with Gasteiger partial charge in [0.1, 0.15) is 12.1 Å². The van der Waals surface area contributed by atoms with Crippen molar-refractivity contribution < 1.29 is 4.39 Å². The number of hydrogen-bond donors (Lipinski definition) is 0. The molecular weight excluding hydrogens is 195 g/mol. The van der Waals surface area contributed by atoms with Crippen molar-refractivity contribution >= 4 is 5.82 Å². The fourth-order valence-corrected chi connectivity index (χ4v) is 1.96. The van der Waals surface area contributed by atoms with Gasteiger partial charge in [0.15, 0.2) is 0 Å². The zero-order valence-corrected chi connectivity index (χ0v) is 9.02. The van der Waals surface area contributed by atoms with E-state index in [1.54, 1.807) is 0 Å². The van der Waals surface area contributed by atoms with Gasteiger partial charge in [-0.15, -0.1) is 0 Å². The zero-order chi connectivity index (χ0) is 10.8. The van der Waals surface area contributed by atoms with Crippen LogP contribution in [0.5, 0.6) is 0 Å². The molecule has 5 heteroatoms. The van der Waals surface area contributed by atoms with Gasteiger partial charge in [-0.25, -0.2) is 9.97 Å². The van der Waals surface area contributed by atoms with E-state index in [1.807, 2.05) is 0 Å². The predicted octanol–water partition coefficient (Wildman–Crippen LogP) is 0.756. The molecule has 2 rings (SSSR count). The number of anilines is 1. The topological polar surface area (TPSA) is 32.3 Å². The fourth-order valence-electron chi connectivity index (χ4n) is 1.96. The first-order chi connectivity index (χ1) is 7.16. The van der Waals surface area contributed by atoms with Crippen LogP contribution in [0.4, 0.5) is 10.2 Å². The summed E-state index contributed by atoms with van der Waals surface area (Å²) in [6.07, 6.45) is 1.27. The third kappa shape index (κ3) is 2.23. The Labute approximate surface area is 88.7 Å². The SMILES string of the molecule is CC1CN(C)CCN1c1cc(F)ncn1. The van der Waals surface area contributed by atoms with Gasteiger partial charge in [0.25, 0.3) is 0 Å². The minimum Gasteiger partial charge on any atom is -0.351 e. The summed E-state index contributed by atoms with van der Waals surface area (Å²) in [6.45, 7) is 4.96. The molecule has 1 aromatic heterocycles. The van der Waals surface area contributed by atoms with Gasteiger partial charge in [0, 0.05) is 31.7 Å². The van der Waals surface area contributed by atoms with E-state index in [9.17, 15) is 4.39 Å². The molecule has 0 amide bonds. The predicted molar refractivity (Wildman–Crippen MR) is 56.3 cm³/mol. The number of piperazine rings is 1. The van der Waals surface area contributed by atoms with Crippen molar-refractivity contribution in [2.24, 2.45) is 0 Å². The van der Waals surface area contributed by atoms with Gasteiger partial charge in [-0.05, 0) is 14.0 Å². The summed E-state index contributed by atoms with van der Waals surface area (Å²) in [7, 11) is 2.09. The van der Waals surface area contributed by atoms with E-state index >= 15 is 0 Å². The Morgan fingerprint density at radius 1 is 1.40 bits per heavy atom. The first-order valence-electron chi connectivity index (χ1n) is 5.09. The highest BCUT2D eigenvalue weighted by Gasteiger charge is 2.22. The van der Waals surface area contributed by atoms with Crippen molar-refractivity contribution in [1.82, 2.24) is 14.9 Å². The molecule has 1 saturated heterocycles. The van der Waals surface area contributed by atoms with E-state index in [0.717, 1.165) is 19.6 Å². The summed E-state index contributed by atoms with van der Waals surface area (Å²) in [5, 5.41) is 0. The van der Waals surface area contributed by atoms with Gasteiger partial charge in [0.2, 0.25) is 5.95 Å². The van der Waals surface area contributed by atoms with E-state index in [0.29, 0.717) is 11.9 Å². The van der Waals surface area contributed by atoms with Crippen molar-refractivity contribution in [3.63, 3.8) is 0 Å². The monoisotopic (exact) mass is 210 g/mol. The Morgan fingerprint density at radius 2 is 2.20 bits per heavy atom. The minimum absolute atomic E-state index is 0.359. The lowest BCUT2D eigenvalue weighted by Crippen LogP contribution is -2.50. The highest BCUT2D eigenvalue weighted by Crippen LogP contribution is 2.17. The van der Waals surface area contributed by atoms with Gasteiger partial charge < -0.3 is 9.80 Å². The minimum atomic E-state index is -0.467. The lowest BCUT2D eigenvalue weighted by molar-refractivity contribution is 0.274. The summed E-state index contributed by atoms with van der Waals surface area (Å²) in [5.74, 6) is 0.217. The molecule has 1 aliphatic rings. The number of rotatable bonds is 1. The van der Waals surface area contributed by atoms with Gasteiger partial charge in [-0.1, -0.05) is 0 Å². The van der Waals surface area contributed by atoms with Crippen LogP contribution < -0.4 is 4.90 Å². The van der Waals surface area contributed by atoms with Gasteiger partial charge in [0.05, 0.1) is 0 Å². The highest BCUT2D eigenvalue weighted by molar-refractivity contribution is 5.39. The van der Waals surface area contributed by atoms with E-state index in [4.69, 9.17) is 0 Å². The molecule has 1 fully saturated rings. The maximum Gasteiger partial charge on any atom is 0.218 e. The lowest BCUT2D eigenvalue weighted by Gasteiger charge is -2.38. The Kier molecular flexibility index (Phi) is 2.81. The van der Waals surface area contributed by atoms with E-state index in [2.05, 4.69) is 33.7 Å². The molecule has 1 aliphatic heterocycles. The Balaban J connectivity index is 2.17. The molecule has 2 heterocycles. The average molecular weight is 210 g/mol. The maximum absolute atomic E-state index is 12.9. The van der Waals surface area contributed by atoms with Crippen LogP contribution >= 0.6 is 0 Å². The Morgan fingerprint density at radius 3 is 2.87 bits per heavy atom. The molecule has 0 aromatic carbocycles. The maximum atomic E-state index is 12.9. The van der Waals surface area contributed by atoms with Gasteiger partial charge in [-0.2, -0.15) is 4.39 Å². The highest BCUT2D eigenvalue weighted by atomic mass is 19.1. The quantitative estimate of drug-likeness (QED) is 0.640. The number of likely N-dealkylation sites (N-methyl/N-ethyl adjacent to an activating group) is 1. The number of nitrogens with zero attached hydrogens (tertiary/aromatic N) is 4. The standard InChI is InChI=1S/C10H15FN4/c1-8-6-14(2)3-4-15(8)10-5-9(11)12-7-13-10/h5,7-8H,3-4,6H2,1-2H3. The second-order valence-electron chi connectivity index (χ2n) is 4.00. The van der Waals surface area contributed by atoms with Crippen LogP contribution in [0.2, 0.25) is 0 Å². The normalized spacial score (nSPS) is 23.1. The summed E-state index contributed by atoms with van der Waals surface area (Å²) in [4.78, 5) is 11.9. The largest absolute Gasteiger partial charge is 0.351 e. The molecule has 82 valence electrons. The van der Waals surface area contributed by atoms with Crippen molar-refractivity contribution in [2.75, 3.05) is 31.6 Å². The Bertz CT molecular complexity index is 344. The smallest absolute Gasteiger partial charge is 0.218 e. The van der Waals surface area contributed by atoms with Crippen LogP contribution in [-0.4, -0.2) is 47.6 Å². The van der Waals surface area contributed by atoms with E-state index in [-0.39, 0.29) is 0 Å². The molecule has 0 aliphatic carbocycles. The fraction of sp³-hybridized carbons (Fsp3) is 0.600. The summed E-state index contributed by atoms with van der Waals surface area (Å²) in [6, 6.07) is 1.75. The molecule has 15 heavy (non-hydrogen) atoms. The molecule has 0 spiro atoms. The second-order valence-corrected chi connectivity index (χ2v) is 4.00. The first kappa shape index (κ1) is 10.3. The van der Waals surface area contributed by atoms with Crippen molar-refractivity contribution in [1.29, 1.82) is 0 Å². The molecule has 0 N–H and O–H groups in total. The molecular formula is C10H15FN4. The molecule has 0 bridgehead atoms. The molecule has 0 saturated carbocycles. The zero-order valence-electron chi connectivity index (χ0n) is 9.02. The molecule has 1 unspecified atom stereocenters. The van der Waals surface area contributed by atoms with Crippen molar-refractivity contribution in [3.05, 3.63) is 18.3 Å². The number of halogens is 1. The third-order valence-electron chi connectivity index (χ3n) is 2.74. The van der Waals surface area contributed by atoms with Crippen molar-refractivity contribution in [3.8, 4) is 0 Å². The van der Waals surface area contributed by atoms with Crippen LogP contribution in [0.1, 0.15) is 6.92 Å². The van der Waals surface area contributed by atoms with Gasteiger partial charge >= 0.3 is 0 Å². The molecule has 4 nitrogen and oxygen atoms in total. The van der Waals surface area contributed by atoms with E-state index in [1.165, 1.54) is 12.4 Å². The van der Waals surface area contributed by atoms with Crippen LogP contribution in [0.3, 0.4) is 0 Å². The summed E-state index contributed by atoms with van der Waals surface area (Å²) in [5.41, 5.74) is 0. The first-order valence-corrected chi connectivity index (χ1v) is 5.09. The van der Waals surface area contributed by atoms with Gasteiger partial charge in [-0.3, -0.25) is 0 Å². The lowest BCUT2D eigenvalue weighted by atomic mass is 10.2. The number of hydrogen-bond acceptors (Lipinski definition) is 4. The van der Waals surface area contributed by atoms with Crippen LogP contribution in [0.15, 0.2) is 12.4 Å². The summed E-state index contributed by atoms with van der Waals surface area (Å²) < 4.78 is 12.9. The molecule has 1 aromatic rings. The van der Waals surface area contributed by atoms with Crippen LogP contribution in [-0.2, 0) is 0 Å². The third-order valence-corrected chi connectivity index (χ3v) is 2.74. The molecule has 0 radical (unpaired) electrons. The average Bonchev–Trinajstić information content (AvgIpc) is 2.17.